The van der Waals surface area contributed by atoms with E-state index >= 15 is 0 Å². The van der Waals surface area contributed by atoms with E-state index in [1.54, 1.807) is 0 Å². The number of amides is 1. The molecule has 3 nitrogen and oxygen atoms in total. The van der Waals surface area contributed by atoms with Gasteiger partial charge in [-0.25, -0.2) is 0 Å². The van der Waals surface area contributed by atoms with E-state index < -0.39 is 0 Å². The number of benzene rings is 1. The Labute approximate surface area is 122 Å². The first kappa shape index (κ1) is 16.5. The Kier molecular flexibility index (Phi) is 7.78. The molecule has 0 aliphatic carbocycles. The molecule has 3 N–H and O–H groups in total. The summed E-state index contributed by atoms with van der Waals surface area (Å²) in [5.74, 6) is 0.895. The second-order valence-electron chi connectivity index (χ2n) is 5.87. The van der Waals surface area contributed by atoms with Crippen LogP contribution in [-0.2, 0) is 11.2 Å². The lowest BCUT2D eigenvalue weighted by molar-refractivity contribution is -0.120. The molecule has 3 heteroatoms. The van der Waals surface area contributed by atoms with Crippen molar-refractivity contribution in [2.45, 2.75) is 52.4 Å². The minimum absolute atomic E-state index is 0.0944. The Bertz CT molecular complexity index is 384. The summed E-state index contributed by atoms with van der Waals surface area (Å²) in [7, 11) is 0. The zero-order valence-electron chi connectivity index (χ0n) is 12.8. The van der Waals surface area contributed by atoms with Gasteiger partial charge in [0.2, 0.25) is 5.91 Å². The van der Waals surface area contributed by atoms with Gasteiger partial charge in [-0.1, -0.05) is 51.7 Å². The zero-order chi connectivity index (χ0) is 14.8. The maximum Gasteiger partial charge on any atom is 0.224 e. The Balaban J connectivity index is 2.04. The van der Waals surface area contributed by atoms with Crippen molar-refractivity contribution >= 4 is 11.6 Å². The van der Waals surface area contributed by atoms with Gasteiger partial charge in [0.15, 0.2) is 0 Å². The smallest absolute Gasteiger partial charge is 0.224 e. The maximum atomic E-state index is 11.7. The maximum absolute atomic E-state index is 11.7. The highest BCUT2D eigenvalue weighted by molar-refractivity contribution is 5.78. The number of hydrogen-bond acceptors (Lipinski definition) is 2. The van der Waals surface area contributed by atoms with Gasteiger partial charge in [0.1, 0.15) is 0 Å². The Morgan fingerprint density at radius 1 is 1.10 bits per heavy atom. The number of nitrogen functional groups attached to an aromatic ring is 1. The number of unbranched alkanes of at least 4 members (excludes halogenated alkanes) is 3. The highest BCUT2D eigenvalue weighted by atomic mass is 16.1. The molecule has 0 heterocycles. The Morgan fingerprint density at radius 3 is 2.40 bits per heavy atom. The normalized spacial score (nSPS) is 10.8. The lowest BCUT2D eigenvalue weighted by atomic mass is 10.0. The number of nitrogens with two attached hydrogens (primary N) is 1. The molecule has 0 fully saturated rings. The molecule has 1 rings (SSSR count). The standard InChI is InChI=1S/C17H28N2O/c1-14(2)7-5-3-4-6-12-19-17(20)13-15-8-10-16(18)11-9-15/h8-11,14H,3-7,12-13,18H2,1-2H3,(H,19,20). The van der Waals surface area contributed by atoms with Crippen LogP contribution in [0.2, 0.25) is 0 Å². The molecule has 1 aromatic rings. The minimum Gasteiger partial charge on any atom is -0.399 e. The fourth-order valence-corrected chi connectivity index (χ4v) is 2.14. The monoisotopic (exact) mass is 276 g/mol. The highest BCUT2D eigenvalue weighted by Crippen LogP contribution is 2.09. The predicted octanol–water partition coefficient (Wildman–Crippen LogP) is 3.53. The summed E-state index contributed by atoms with van der Waals surface area (Å²) >= 11 is 0. The average molecular weight is 276 g/mol. The number of carbonyl (C=O) groups excluding carboxylic acids is 1. The van der Waals surface area contributed by atoms with Crippen LogP contribution in [0.25, 0.3) is 0 Å². The molecule has 112 valence electrons. The first-order valence-corrected chi connectivity index (χ1v) is 7.69. The van der Waals surface area contributed by atoms with E-state index in [-0.39, 0.29) is 5.91 Å². The van der Waals surface area contributed by atoms with Crippen LogP contribution in [0.15, 0.2) is 24.3 Å². The molecule has 0 radical (unpaired) electrons. The van der Waals surface area contributed by atoms with Crippen LogP contribution in [0.4, 0.5) is 5.69 Å². The summed E-state index contributed by atoms with van der Waals surface area (Å²) in [4.78, 5) is 11.7. The molecule has 20 heavy (non-hydrogen) atoms. The van der Waals surface area contributed by atoms with Crippen LogP contribution >= 0.6 is 0 Å². The summed E-state index contributed by atoms with van der Waals surface area (Å²) < 4.78 is 0. The third-order valence-corrected chi connectivity index (χ3v) is 3.37. The predicted molar refractivity (Wildman–Crippen MR) is 85.5 cm³/mol. The Morgan fingerprint density at radius 2 is 1.75 bits per heavy atom. The van der Waals surface area contributed by atoms with Crippen molar-refractivity contribution in [2.24, 2.45) is 5.92 Å². The molecule has 1 aromatic carbocycles. The molecular formula is C17H28N2O. The quantitative estimate of drug-likeness (QED) is 0.535. The lowest BCUT2D eigenvalue weighted by Crippen LogP contribution is -2.26. The van der Waals surface area contributed by atoms with E-state index in [1.165, 1.54) is 25.7 Å². The molecule has 0 aliphatic rings. The number of nitrogens with one attached hydrogen (secondary N) is 1. The number of anilines is 1. The molecule has 0 aromatic heterocycles. The van der Waals surface area contributed by atoms with Crippen molar-refractivity contribution in [1.82, 2.24) is 5.32 Å². The van der Waals surface area contributed by atoms with Crippen molar-refractivity contribution < 1.29 is 4.79 Å². The third kappa shape index (κ3) is 7.82. The van der Waals surface area contributed by atoms with Gasteiger partial charge in [-0.15, -0.1) is 0 Å². The van der Waals surface area contributed by atoms with Crippen molar-refractivity contribution in [1.29, 1.82) is 0 Å². The van der Waals surface area contributed by atoms with Gasteiger partial charge in [0, 0.05) is 12.2 Å². The van der Waals surface area contributed by atoms with E-state index in [4.69, 9.17) is 5.73 Å². The van der Waals surface area contributed by atoms with Gasteiger partial charge < -0.3 is 11.1 Å². The van der Waals surface area contributed by atoms with Crippen LogP contribution in [0, 0.1) is 5.92 Å². The van der Waals surface area contributed by atoms with E-state index in [9.17, 15) is 4.79 Å². The molecule has 0 unspecified atom stereocenters. The van der Waals surface area contributed by atoms with Crippen LogP contribution < -0.4 is 11.1 Å². The first-order chi connectivity index (χ1) is 9.58. The van der Waals surface area contributed by atoms with E-state index in [0.717, 1.165) is 30.1 Å². The highest BCUT2D eigenvalue weighted by Gasteiger charge is 2.02. The summed E-state index contributed by atoms with van der Waals surface area (Å²) in [5.41, 5.74) is 7.35. The summed E-state index contributed by atoms with van der Waals surface area (Å²) in [6.07, 6.45) is 6.60. The van der Waals surface area contributed by atoms with Crippen LogP contribution in [0.1, 0.15) is 51.5 Å². The molecular weight excluding hydrogens is 248 g/mol. The summed E-state index contributed by atoms with van der Waals surface area (Å²) in [6.45, 7) is 5.31. The molecule has 0 aliphatic heterocycles. The van der Waals surface area contributed by atoms with Crippen molar-refractivity contribution in [3.05, 3.63) is 29.8 Å². The molecule has 0 atom stereocenters. The average Bonchev–Trinajstić information content (AvgIpc) is 2.40. The van der Waals surface area contributed by atoms with Gasteiger partial charge >= 0.3 is 0 Å². The molecule has 0 saturated carbocycles. The Hall–Kier alpha value is -1.51. The zero-order valence-corrected chi connectivity index (χ0v) is 12.8. The SMILES string of the molecule is CC(C)CCCCCCNC(=O)Cc1ccc(N)cc1. The van der Waals surface area contributed by atoms with Gasteiger partial charge in [-0.2, -0.15) is 0 Å². The van der Waals surface area contributed by atoms with Gasteiger partial charge in [0.05, 0.1) is 6.42 Å². The third-order valence-electron chi connectivity index (χ3n) is 3.37. The summed E-state index contributed by atoms with van der Waals surface area (Å²) in [5, 5.41) is 2.98. The van der Waals surface area contributed by atoms with E-state index in [0.29, 0.717) is 6.42 Å². The van der Waals surface area contributed by atoms with Crippen LogP contribution in [-0.4, -0.2) is 12.5 Å². The van der Waals surface area contributed by atoms with Crippen LogP contribution in [0.3, 0.4) is 0 Å². The number of carbonyl (C=O) groups is 1. The van der Waals surface area contributed by atoms with Crippen molar-refractivity contribution in [3.8, 4) is 0 Å². The van der Waals surface area contributed by atoms with Crippen molar-refractivity contribution in [2.75, 3.05) is 12.3 Å². The first-order valence-electron chi connectivity index (χ1n) is 7.69. The molecule has 0 bridgehead atoms. The lowest BCUT2D eigenvalue weighted by Gasteiger charge is -2.06. The van der Waals surface area contributed by atoms with Gasteiger partial charge in [0.25, 0.3) is 0 Å². The van der Waals surface area contributed by atoms with Gasteiger partial charge in [-0.05, 0) is 30.0 Å². The van der Waals surface area contributed by atoms with E-state index in [1.807, 2.05) is 24.3 Å². The topological polar surface area (TPSA) is 55.1 Å². The number of rotatable bonds is 9. The van der Waals surface area contributed by atoms with Crippen LogP contribution in [0.5, 0.6) is 0 Å². The fourth-order valence-electron chi connectivity index (χ4n) is 2.14. The van der Waals surface area contributed by atoms with Gasteiger partial charge in [-0.3, -0.25) is 4.79 Å². The molecule has 1 amide bonds. The van der Waals surface area contributed by atoms with E-state index in [2.05, 4.69) is 19.2 Å². The fraction of sp³-hybridized carbons (Fsp3) is 0.588. The second kappa shape index (κ2) is 9.40. The largest absolute Gasteiger partial charge is 0.399 e. The molecule has 0 saturated heterocycles. The van der Waals surface area contributed by atoms with Crippen molar-refractivity contribution in [3.63, 3.8) is 0 Å². The minimum atomic E-state index is 0.0944. The molecule has 0 spiro atoms. The second-order valence-corrected chi connectivity index (χ2v) is 5.87. The number of hydrogen-bond donors (Lipinski definition) is 2. The summed E-state index contributed by atoms with van der Waals surface area (Å²) in [6, 6.07) is 7.47.